The predicted octanol–water partition coefficient (Wildman–Crippen LogP) is 2.49. The highest BCUT2D eigenvalue weighted by Crippen LogP contribution is 2.35. The number of nitrogens with one attached hydrogen (secondary N) is 4. The molecule has 4 amide bonds. The van der Waals surface area contributed by atoms with Crippen LogP contribution in [-0.4, -0.2) is 69.9 Å². The van der Waals surface area contributed by atoms with Gasteiger partial charge >= 0.3 is 0 Å². The zero-order valence-corrected chi connectivity index (χ0v) is 24.1. The first-order valence-corrected chi connectivity index (χ1v) is 14.6. The average molecular weight is 574 g/mol. The summed E-state index contributed by atoms with van der Waals surface area (Å²) in [5, 5.41) is 20.4. The van der Waals surface area contributed by atoms with Crippen LogP contribution in [0, 0.1) is 11.3 Å². The molecule has 4 atom stereocenters. The van der Waals surface area contributed by atoms with Gasteiger partial charge in [0.25, 0.3) is 11.8 Å². The van der Waals surface area contributed by atoms with Crippen molar-refractivity contribution >= 4 is 34.5 Å². The fourth-order valence-electron chi connectivity index (χ4n) is 5.93. The maximum absolute atomic E-state index is 13.9. The minimum Gasteiger partial charge on any atom is -0.381 e. The number of fused-ring (bicyclic) bond motifs is 1. The molecular weight excluding hydrogens is 534 g/mol. The molecular formula is C32H39N5O5. The Balaban J connectivity index is 1.35. The molecule has 2 aromatic carbocycles. The maximum Gasteiger partial charge on any atom is 0.270 e. The number of aliphatic hydroxyl groups is 1. The molecule has 0 radical (unpaired) electrons. The molecule has 5 rings (SSSR count). The van der Waals surface area contributed by atoms with E-state index in [1.54, 1.807) is 11.0 Å². The van der Waals surface area contributed by atoms with Crippen molar-refractivity contribution in [2.45, 2.75) is 64.3 Å². The average Bonchev–Trinajstić information content (AvgIpc) is 3.60. The van der Waals surface area contributed by atoms with Gasteiger partial charge in [0.1, 0.15) is 11.7 Å². The molecule has 3 aromatic rings. The number of hydrogen-bond donors (Lipinski definition) is 5. The van der Waals surface area contributed by atoms with Gasteiger partial charge in [0, 0.05) is 36.5 Å². The zero-order valence-electron chi connectivity index (χ0n) is 24.1. The lowest BCUT2D eigenvalue weighted by Crippen LogP contribution is -2.59. The molecule has 0 aliphatic carbocycles. The van der Waals surface area contributed by atoms with E-state index in [1.807, 2.05) is 54.6 Å². The third kappa shape index (κ3) is 6.65. The van der Waals surface area contributed by atoms with Gasteiger partial charge in [0.15, 0.2) is 6.10 Å². The predicted molar refractivity (Wildman–Crippen MR) is 158 cm³/mol. The molecule has 5 N–H and O–H groups in total. The Morgan fingerprint density at radius 3 is 2.55 bits per heavy atom. The second-order valence-corrected chi connectivity index (χ2v) is 12.2. The Morgan fingerprint density at radius 2 is 1.83 bits per heavy atom. The summed E-state index contributed by atoms with van der Waals surface area (Å²) in [5.41, 5.74) is 1.89. The van der Waals surface area contributed by atoms with E-state index in [-0.39, 0.29) is 30.2 Å². The zero-order chi connectivity index (χ0) is 29.9. The summed E-state index contributed by atoms with van der Waals surface area (Å²) >= 11 is 0. The Morgan fingerprint density at radius 1 is 1.10 bits per heavy atom. The number of amides is 4. The monoisotopic (exact) mass is 573 g/mol. The summed E-state index contributed by atoms with van der Waals surface area (Å²) in [6.45, 7) is 5.22. The number of carbonyl (C=O) groups excluding carboxylic acids is 4. The van der Waals surface area contributed by atoms with Crippen LogP contribution in [0.2, 0.25) is 0 Å². The molecule has 42 heavy (non-hydrogen) atoms. The van der Waals surface area contributed by atoms with Gasteiger partial charge < -0.3 is 30.9 Å². The van der Waals surface area contributed by atoms with Gasteiger partial charge in [-0.25, -0.2) is 0 Å². The fraction of sp³-hybridized carbons (Fsp3) is 0.438. The van der Waals surface area contributed by atoms with Crippen molar-refractivity contribution in [1.82, 2.24) is 25.8 Å². The van der Waals surface area contributed by atoms with Gasteiger partial charge in [-0.15, -0.1) is 0 Å². The van der Waals surface area contributed by atoms with Crippen LogP contribution in [0.5, 0.6) is 0 Å². The highest BCUT2D eigenvalue weighted by atomic mass is 16.3. The molecule has 2 saturated heterocycles. The van der Waals surface area contributed by atoms with E-state index < -0.39 is 35.9 Å². The van der Waals surface area contributed by atoms with E-state index in [1.165, 1.54) is 0 Å². The summed E-state index contributed by atoms with van der Waals surface area (Å²) in [6.07, 6.45) is 0.200. The van der Waals surface area contributed by atoms with E-state index in [2.05, 4.69) is 34.8 Å². The van der Waals surface area contributed by atoms with E-state index in [0.29, 0.717) is 31.6 Å². The standard InChI is InChI=1S/C32H39N5O5/c1-32(2)13-15-37(31(42)25-16-21-10-6-7-11-23(21)35-25)26(18-32)29(40)36-24(17-22-12-14-33-28(22)39)27(38)30(41)34-19-20-8-4-3-5-9-20/h3-11,16,22,24,26-27,35,38H,12-15,17-19H2,1-2H3,(H,33,39)(H,34,41)(H,36,40)/t22-,24-,26?,27?/m0/s1. The number of aromatic nitrogens is 1. The minimum atomic E-state index is -1.58. The van der Waals surface area contributed by atoms with Gasteiger partial charge in [0.2, 0.25) is 11.8 Å². The first-order valence-electron chi connectivity index (χ1n) is 14.6. The molecule has 10 nitrogen and oxygen atoms in total. The quantitative estimate of drug-likeness (QED) is 0.267. The van der Waals surface area contributed by atoms with Crippen LogP contribution in [0.4, 0.5) is 0 Å². The van der Waals surface area contributed by atoms with Gasteiger partial charge in [-0.05, 0) is 48.8 Å². The van der Waals surface area contributed by atoms with E-state index in [4.69, 9.17) is 0 Å². The maximum atomic E-state index is 13.9. The molecule has 2 unspecified atom stereocenters. The van der Waals surface area contributed by atoms with Crippen molar-refractivity contribution < 1.29 is 24.3 Å². The number of aromatic amines is 1. The number of aliphatic hydroxyl groups excluding tert-OH is 1. The number of H-pyrrole nitrogens is 1. The molecule has 2 aliphatic rings. The van der Waals surface area contributed by atoms with Crippen LogP contribution in [0.15, 0.2) is 60.7 Å². The lowest BCUT2D eigenvalue weighted by molar-refractivity contribution is -0.136. The third-order valence-electron chi connectivity index (χ3n) is 8.46. The van der Waals surface area contributed by atoms with Crippen molar-refractivity contribution in [2.75, 3.05) is 13.1 Å². The van der Waals surface area contributed by atoms with Crippen LogP contribution in [-0.2, 0) is 20.9 Å². The first kappa shape index (κ1) is 29.3. The highest BCUT2D eigenvalue weighted by Gasteiger charge is 2.42. The Bertz CT molecular complexity index is 1420. The van der Waals surface area contributed by atoms with Crippen LogP contribution in [0.1, 0.15) is 55.6 Å². The van der Waals surface area contributed by atoms with Crippen LogP contribution < -0.4 is 16.0 Å². The molecule has 0 saturated carbocycles. The van der Waals surface area contributed by atoms with Crippen LogP contribution in [0.25, 0.3) is 10.9 Å². The van der Waals surface area contributed by atoms with Crippen molar-refractivity contribution in [1.29, 1.82) is 0 Å². The number of likely N-dealkylation sites (tertiary alicyclic amines) is 1. The second-order valence-electron chi connectivity index (χ2n) is 12.2. The number of piperidine rings is 1. The van der Waals surface area contributed by atoms with Crippen molar-refractivity contribution in [2.24, 2.45) is 11.3 Å². The molecule has 222 valence electrons. The van der Waals surface area contributed by atoms with E-state index >= 15 is 0 Å². The summed E-state index contributed by atoms with van der Waals surface area (Å²) in [5.74, 6) is -1.99. The van der Waals surface area contributed by atoms with Gasteiger partial charge in [-0.3, -0.25) is 19.2 Å². The van der Waals surface area contributed by atoms with Crippen molar-refractivity contribution in [3.8, 4) is 0 Å². The molecule has 0 bridgehead atoms. The van der Waals surface area contributed by atoms with E-state index in [0.717, 1.165) is 22.9 Å². The summed E-state index contributed by atoms with van der Waals surface area (Å²) in [4.78, 5) is 57.8. The van der Waals surface area contributed by atoms with E-state index in [9.17, 15) is 24.3 Å². The van der Waals surface area contributed by atoms with Crippen molar-refractivity contribution in [3.05, 3.63) is 71.9 Å². The number of carbonyl (C=O) groups is 4. The number of nitrogens with zero attached hydrogens (tertiary/aromatic N) is 1. The Labute approximate surface area is 245 Å². The molecule has 10 heteroatoms. The lowest BCUT2D eigenvalue weighted by atomic mass is 9.78. The molecule has 3 heterocycles. The Hall–Kier alpha value is -4.18. The van der Waals surface area contributed by atoms with Crippen LogP contribution >= 0.6 is 0 Å². The highest BCUT2D eigenvalue weighted by molar-refractivity contribution is 6.00. The largest absolute Gasteiger partial charge is 0.381 e. The molecule has 0 spiro atoms. The van der Waals surface area contributed by atoms with Gasteiger partial charge in [-0.1, -0.05) is 62.4 Å². The first-order chi connectivity index (χ1) is 20.1. The Kier molecular flexibility index (Phi) is 8.63. The van der Waals surface area contributed by atoms with Crippen molar-refractivity contribution in [3.63, 3.8) is 0 Å². The fourth-order valence-corrected chi connectivity index (χ4v) is 5.93. The summed E-state index contributed by atoms with van der Waals surface area (Å²) in [6, 6.07) is 16.9. The number of hydrogen-bond acceptors (Lipinski definition) is 5. The number of rotatable bonds is 9. The second kappa shape index (κ2) is 12.4. The SMILES string of the molecule is CC1(C)CCN(C(=O)c2cc3ccccc3[nH]2)C(C(=O)N[C@@H](C[C@@H]2CCNC2=O)C(O)C(=O)NCc2ccccc2)C1. The number of benzene rings is 2. The lowest BCUT2D eigenvalue weighted by Gasteiger charge is -2.43. The van der Waals surface area contributed by atoms with Gasteiger partial charge in [0.05, 0.1) is 6.04 Å². The smallest absolute Gasteiger partial charge is 0.270 e. The molecule has 1 aromatic heterocycles. The summed E-state index contributed by atoms with van der Waals surface area (Å²) < 4.78 is 0. The molecule has 2 fully saturated rings. The minimum absolute atomic E-state index is 0.101. The van der Waals surface area contributed by atoms with Gasteiger partial charge in [-0.2, -0.15) is 0 Å². The topological polar surface area (TPSA) is 144 Å². The van der Waals surface area contributed by atoms with Crippen LogP contribution in [0.3, 0.4) is 0 Å². The summed E-state index contributed by atoms with van der Waals surface area (Å²) in [7, 11) is 0. The number of para-hydroxylation sites is 1. The molecule has 2 aliphatic heterocycles. The third-order valence-corrected chi connectivity index (χ3v) is 8.46. The normalized spacial score (nSPS) is 21.4.